The van der Waals surface area contributed by atoms with Gasteiger partial charge in [0.05, 0.1) is 13.8 Å². The standard InChI is InChI=1S/C13H21NOSi/c1-5-13(12-9-7-6-8-10-12)14-15-11-16(2,3)4/h6-10H,5,11H2,1-4H3/b14-13+. The summed E-state index contributed by atoms with van der Waals surface area (Å²) in [7, 11) is -1.17. The van der Waals surface area contributed by atoms with Crippen LogP contribution in [0.4, 0.5) is 0 Å². The van der Waals surface area contributed by atoms with Crippen molar-refractivity contribution < 1.29 is 4.84 Å². The molecular formula is C13H21NOSi. The van der Waals surface area contributed by atoms with Gasteiger partial charge in [-0.1, -0.05) is 62.1 Å². The van der Waals surface area contributed by atoms with Gasteiger partial charge in [-0.2, -0.15) is 0 Å². The maximum absolute atomic E-state index is 5.46. The molecule has 1 aromatic carbocycles. The van der Waals surface area contributed by atoms with Crippen molar-refractivity contribution in [2.75, 3.05) is 6.23 Å². The van der Waals surface area contributed by atoms with Crippen molar-refractivity contribution >= 4 is 13.8 Å². The largest absolute Gasteiger partial charge is 0.399 e. The molecular weight excluding hydrogens is 214 g/mol. The minimum Gasteiger partial charge on any atom is -0.399 e. The summed E-state index contributed by atoms with van der Waals surface area (Å²) < 4.78 is 0. The normalized spacial score (nSPS) is 12.6. The molecule has 1 aromatic rings. The van der Waals surface area contributed by atoms with Gasteiger partial charge in [-0.05, 0) is 12.0 Å². The summed E-state index contributed by atoms with van der Waals surface area (Å²) >= 11 is 0. The molecule has 0 heterocycles. The summed E-state index contributed by atoms with van der Waals surface area (Å²) in [4.78, 5) is 5.46. The van der Waals surface area contributed by atoms with Crippen molar-refractivity contribution in [3.8, 4) is 0 Å². The predicted octanol–water partition coefficient (Wildman–Crippen LogP) is 3.69. The Morgan fingerprint density at radius 1 is 1.19 bits per heavy atom. The minimum atomic E-state index is -1.17. The van der Waals surface area contributed by atoms with Crippen LogP contribution in [0.5, 0.6) is 0 Å². The molecule has 0 saturated carbocycles. The summed E-state index contributed by atoms with van der Waals surface area (Å²) in [6.07, 6.45) is 1.68. The van der Waals surface area contributed by atoms with Crippen LogP contribution in [0.15, 0.2) is 35.5 Å². The lowest BCUT2D eigenvalue weighted by molar-refractivity contribution is 0.185. The highest BCUT2D eigenvalue weighted by Gasteiger charge is 2.14. The van der Waals surface area contributed by atoms with Crippen molar-refractivity contribution in [3.63, 3.8) is 0 Å². The number of nitrogens with zero attached hydrogens (tertiary/aromatic N) is 1. The van der Waals surface area contributed by atoms with Crippen molar-refractivity contribution in [3.05, 3.63) is 35.9 Å². The van der Waals surface area contributed by atoms with E-state index in [0.29, 0.717) is 0 Å². The van der Waals surface area contributed by atoms with Crippen LogP contribution >= 0.6 is 0 Å². The van der Waals surface area contributed by atoms with Crippen molar-refractivity contribution in [1.82, 2.24) is 0 Å². The molecule has 0 atom stereocenters. The number of hydrogen-bond acceptors (Lipinski definition) is 2. The zero-order valence-electron chi connectivity index (χ0n) is 10.7. The van der Waals surface area contributed by atoms with Gasteiger partial charge in [0, 0.05) is 0 Å². The molecule has 0 aliphatic rings. The Hall–Kier alpha value is -1.09. The Balaban J connectivity index is 2.65. The van der Waals surface area contributed by atoms with Gasteiger partial charge >= 0.3 is 0 Å². The third-order valence-corrected chi connectivity index (χ3v) is 3.11. The van der Waals surface area contributed by atoms with E-state index in [9.17, 15) is 0 Å². The van der Waals surface area contributed by atoms with Crippen molar-refractivity contribution in [2.45, 2.75) is 33.0 Å². The average molecular weight is 235 g/mol. The topological polar surface area (TPSA) is 21.6 Å². The fourth-order valence-electron chi connectivity index (χ4n) is 1.26. The fourth-order valence-corrected chi connectivity index (χ4v) is 1.71. The molecule has 1 rings (SSSR count). The van der Waals surface area contributed by atoms with E-state index in [-0.39, 0.29) is 0 Å². The van der Waals surface area contributed by atoms with Crippen LogP contribution in [-0.4, -0.2) is 20.0 Å². The molecule has 16 heavy (non-hydrogen) atoms. The Bertz CT molecular complexity index is 341. The Labute approximate surface area is 99.3 Å². The summed E-state index contributed by atoms with van der Waals surface area (Å²) in [6.45, 7) is 8.92. The lowest BCUT2D eigenvalue weighted by Crippen LogP contribution is -2.27. The van der Waals surface area contributed by atoms with Gasteiger partial charge in [0.1, 0.15) is 6.23 Å². The minimum absolute atomic E-state index is 0.781. The monoisotopic (exact) mass is 235 g/mol. The molecule has 0 aliphatic carbocycles. The lowest BCUT2D eigenvalue weighted by atomic mass is 10.1. The second-order valence-corrected chi connectivity index (χ2v) is 10.5. The molecule has 0 N–H and O–H groups in total. The third kappa shape index (κ3) is 4.62. The highest BCUT2D eigenvalue weighted by atomic mass is 28.3. The van der Waals surface area contributed by atoms with Crippen LogP contribution in [0.25, 0.3) is 0 Å². The summed E-state index contributed by atoms with van der Waals surface area (Å²) in [5.41, 5.74) is 2.18. The highest BCUT2D eigenvalue weighted by molar-refractivity contribution is 6.76. The van der Waals surface area contributed by atoms with E-state index in [2.05, 4.69) is 43.9 Å². The summed E-state index contributed by atoms with van der Waals surface area (Å²) in [6, 6.07) is 10.2. The molecule has 0 bridgehead atoms. The maximum atomic E-state index is 5.46. The summed E-state index contributed by atoms with van der Waals surface area (Å²) in [5, 5.41) is 4.25. The molecule has 0 aliphatic heterocycles. The van der Waals surface area contributed by atoms with Gasteiger partial charge in [-0.3, -0.25) is 0 Å². The van der Waals surface area contributed by atoms with Crippen LogP contribution in [-0.2, 0) is 4.84 Å². The molecule has 0 spiro atoms. The van der Waals surface area contributed by atoms with Gasteiger partial charge in [0.25, 0.3) is 0 Å². The molecule has 2 nitrogen and oxygen atoms in total. The Kier molecular flexibility index (Phi) is 4.74. The molecule has 0 saturated heterocycles. The van der Waals surface area contributed by atoms with E-state index in [1.807, 2.05) is 18.2 Å². The number of benzene rings is 1. The second kappa shape index (κ2) is 5.85. The van der Waals surface area contributed by atoms with E-state index in [4.69, 9.17) is 4.84 Å². The van der Waals surface area contributed by atoms with E-state index in [0.717, 1.165) is 23.9 Å². The van der Waals surface area contributed by atoms with Crippen LogP contribution in [0.1, 0.15) is 18.9 Å². The number of rotatable bonds is 5. The summed E-state index contributed by atoms with van der Waals surface area (Å²) in [5.74, 6) is 0. The van der Waals surface area contributed by atoms with E-state index < -0.39 is 8.07 Å². The average Bonchev–Trinajstić information content (AvgIpc) is 2.24. The molecule has 0 fully saturated rings. The predicted molar refractivity (Wildman–Crippen MR) is 72.6 cm³/mol. The lowest BCUT2D eigenvalue weighted by Gasteiger charge is -2.13. The second-order valence-electron chi connectivity index (χ2n) is 5.09. The van der Waals surface area contributed by atoms with Crippen molar-refractivity contribution in [1.29, 1.82) is 0 Å². The first-order valence-corrected chi connectivity index (χ1v) is 9.48. The van der Waals surface area contributed by atoms with Gasteiger partial charge in [-0.15, -0.1) is 0 Å². The first-order chi connectivity index (χ1) is 7.53. The maximum Gasteiger partial charge on any atom is 0.105 e. The quantitative estimate of drug-likeness (QED) is 0.433. The van der Waals surface area contributed by atoms with E-state index in [1.54, 1.807) is 0 Å². The van der Waals surface area contributed by atoms with Gasteiger partial charge < -0.3 is 4.84 Å². The zero-order chi connectivity index (χ0) is 12.0. The number of hydrogen-bond donors (Lipinski definition) is 0. The Morgan fingerprint density at radius 3 is 2.31 bits per heavy atom. The molecule has 3 heteroatoms. The van der Waals surface area contributed by atoms with Gasteiger partial charge in [0.2, 0.25) is 0 Å². The third-order valence-electron chi connectivity index (χ3n) is 2.11. The SMILES string of the molecule is CC/C(=N\OC[Si](C)(C)C)c1ccccc1. The van der Waals surface area contributed by atoms with Crippen molar-refractivity contribution in [2.24, 2.45) is 5.16 Å². The smallest absolute Gasteiger partial charge is 0.105 e. The molecule has 0 aromatic heterocycles. The fraction of sp³-hybridized carbons (Fsp3) is 0.462. The van der Waals surface area contributed by atoms with E-state index >= 15 is 0 Å². The molecule has 88 valence electrons. The molecule has 0 radical (unpaired) electrons. The van der Waals surface area contributed by atoms with Crippen LogP contribution < -0.4 is 0 Å². The van der Waals surface area contributed by atoms with Crippen LogP contribution in [0.3, 0.4) is 0 Å². The first kappa shape index (κ1) is 13.0. The van der Waals surface area contributed by atoms with Gasteiger partial charge in [0.15, 0.2) is 0 Å². The van der Waals surface area contributed by atoms with Crippen LogP contribution in [0, 0.1) is 0 Å². The number of oxime groups is 1. The zero-order valence-corrected chi connectivity index (χ0v) is 11.7. The molecule has 0 amide bonds. The Morgan fingerprint density at radius 2 is 1.81 bits per heavy atom. The van der Waals surface area contributed by atoms with Crippen LogP contribution in [0.2, 0.25) is 19.6 Å². The van der Waals surface area contributed by atoms with E-state index in [1.165, 1.54) is 0 Å². The molecule has 0 unspecified atom stereocenters. The first-order valence-electron chi connectivity index (χ1n) is 5.77. The highest BCUT2D eigenvalue weighted by Crippen LogP contribution is 2.06. The van der Waals surface area contributed by atoms with Gasteiger partial charge in [-0.25, -0.2) is 0 Å².